The molecule has 1 heterocycles. The second-order valence-electron chi connectivity index (χ2n) is 6.08. The zero-order chi connectivity index (χ0) is 15.9. The standard InChI is InChI=1S/C16H18BrNO4/c1-10-8-18(9-13(22-10)14(19)20)15(21)16(5-6-16)11-3-2-4-12(17)7-11/h2-4,7,10,13H,5-6,8-9H2,1H3,(H,19,20)/t10-,13?/m1/s1. The Kier molecular flexibility index (Phi) is 3.99. The summed E-state index contributed by atoms with van der Waals surface area (Å²) in [6.45, 7) is 2.36. The number of hydrogen-bond donors (Lipinski definition) is 1. The SMILES string of the molecule is C[C@@H]1CN(C(=O)C2(c3cccc(Br)c3)CC2)CC(C(=O)O)O1. The molecular formula is C16H18BrNO4. The largest absolute Gasteiger partial charge is 0.479 e. The van der Waals surface area contributed by atoms with E-state index in [9.17, 15) is 9.59 Å². The lowest BCUT2D eigenvalue weighted by atomic mass is 9.93. The first-order valence-electron chi connectivity index (χ1n) is 7.36. The second-order valence-corrected chi connectivity index (χ2v) is 6.99. The van der Waals surface area contributed by atoms with Gasteiger partial charge in [0, 0.05) is 11.0 Å². The number of morpholine rings is 1. The number of hydrogen-bond acceptors (Lipinski definition) is 3. The van der Waals surface area contributed by atoms with E-state index in [0.29, 0.717) is 6.54 Å². The first-order valence-corrected chi connectivity index (χ1v) is 8.15. The van der Waals surface area contributed by atoms with Crippen LogP contribution in [0.4, 0.5) is 0 Å². The summed E-state index contributed by atoms with van der Waals surface area (Å²) in [5, 5.41) is 9.16. The van der Waals surface area contributed by atoms with Gasteiger partial charge in [-0.15, -0.1) is 0 Å². The highest BCUT2D eigenvalue weighted by atomic mass is 79.9. The van der Waals surface area contributed by atoms with E-state index in [2.05, 4.69) is 15.9 Å². The summed E-state index contributed by atoms with van der Waals surface area (Å²) in [6.07, 6.45) is 0.417. The minimum absolute atomic E-state index is 0.0204. The lowest BCUT2D eigenvalue weighted by Gasteiger charge is -2.37. The minimum atomic E-state index is -1.02. The van der Waals surface area contributed by atoms with Crippen molar-refractivity contribution in [1.82, 2.24) is 4.90 Å². The Hall–Kier alpha value is -1.40. The molecule has 1 aromatic rings. The third-order valence-electron chi connectivity index (χ3n) is 4.36. The highest BCUT2D eigenvalue weighted by Crippen LogP contribution is 2.50. The average molecular weight is 368 g/mol. The maximum atomic E-state index is 13.0. The van der Waals surface area contributed by atoms with Crippen LogP contribution in [0.25, 0.3) is 0 Å². The van der Waals surface area contributed by atoms with Gasteiger partial charge < -0.3 is 14.7 Å². The molecule has 2 atom stereocenters. The van der Waals surface area contributed by atoms with Crippen LogP contribution in [0.2, 0.25) is 0 Å². The Labute approximate surface area is 137 Å². The molecule has 1 saturated carbocycles. The molecule has 2 aliphatic rings. The quantitative estimate of drug-likeness (QED) is 0.888. The Balaban J connectivity index is 1.82. The topological polar surface area (TPSA) is 66.8 Å². The second kappa shape index (κ2) is 5.66. The monoisotopic (exact) mass is 367 g/mol. The molecule has 1 N–H and O–H groups in total. The van der Waals surface area contributed by atoms with Crippen LogP contribution in [0.5, 0.6) is 0 Å². The van der Waals surface area contributed by atoms with Gasteiger partial charge in [-0.25, -0.2) is 4.79 Å². The number of carboxylic acid groups (broad SMARTS) is 1. The Morgan fingerprint density at radius 3 is 2.68 bits per heavy atom. The summed E-state index contributed by atoms with van der Waals surface area (Å²) in [5.41, 5.74) is 0.516. The van der Waals surface area contributed by atoms with Crippen LogP contribution in [-0.4, -0.2) is 47.2 Å². The maximum absolute atomic E-state index is 13.0. The number of nitrogens with zero attached hydrogens (tertiary/aromatic N) is 1. The van der Waals surface area contributed by atoms with E-state index in [1.807, 2.05) is 24.3 Å². The summed E-state index contributed by atoms with van der Waals surface area (Å²) in [6, 6.07) is 7.80. The first kappa shape index (κ1) is 15.5. The molecule has 118 valence electrons. The minimum Gasteiger partial charge on any atom is -0.479 e. The summed E-state index contributed by atoms with van der Waals surface area (Å²) < 4.78 is 6.33. The van der Waals surface area contributed by atoms with Gasteiger partial charge in [0.15, 0.2) is 6.10 Å². The Morgan fingerprint density at radius 2 is 2.09 bits per heavy atom. The molecular weight excluding hydrogens is 350 g/mol. The Morgan fingerprint density at radius 1 is 1.36 bits per heavy atom. The molecule has 6 heteroatoms. The van der Waals surface area contributed by atoms with E-state index in [1.165, 1.54) is 0 Å². The number of carbonyl (C=O) groups is 2. The number of carbonyl (C=O) groups excluding carboxylic acids is 1. The van der Waals surface area contributed by atoms with Crippen molar-refractivity contribution in [3.63, 3.8) is 0 Å². The van der Waals surface area contributed by atoms with Gasteiger partial charge >= 0.3 is 5.97 Å². The zero-order valence-corrected chi connectivity index (χ0v) is 13.9. The van der Waals surface area contributed by atoms with E-state index in [4.69, 9.17) is 9.84 Å². The molecule has 1 aromatic carbocycles. The van der Waals surface area contributed by atoms with Crippen LogP contribution in [0.1, 0.15) is 25.3 Å². The van der Waals surface area contributed by atoms with Crippen molar-refractivity contribution in [2.24, 2.45) is 0 Å². The average Bonchev–Trinajstić information content (AvgIpc) is 3.27. The van der Waals surface area contributed by atoms with Crippen molar-refractivity contribution >= 4 is 27.8 Å². The van der Waals surface area contributed by atoms with Crippen LogP contribution in [0.15, 0.2) is 28.7 Å². The summed E-state index contributed by atoms with van der Waals surface area (Å²) in [7, 11) is 0. The summed E-state index contributed by atoms with van der Waals surface area (Å²) in [5.74, 6) is -0.997. The van der Waals surface area contributed by atoms with Gasteiger partial charge in [0.2, 0.25) is 5.91 Å². The smallest absolute Gasteiger partial charge is 0.334 e. The van der Waals surface area contributed by atoms with Gasteiger partial charge in [0.25, 0.3) is 0 Å². The maximum Gasteiger partial charge on any atom is 0.334 e. The van der Waals surface area contributed by atoms with E-state index in [0.717, 1.165) is 22.9 Å². The molecule has 0 bridgehead atoms. The van der Waals surface area contributed by atoms with Crippen molar-refractivity contribution in [2.45, 2.75) is 37.4 Å². The van der Waals surface area contributed by atoms with Gasteiger partial charge in [-0.1, -0.05) is 28.1 Å². The van der Waals surface area contributed by atoms with Crippen molar-refractivity contribution in [2.75, 3.05) is 13.1 Å². The van der Waals surface area contributed by atoms with Gasteiger partial charge in [-0.3, -0.25) is 4.79 Å². The lowest BCUT2D eigenvalue weighted by molar-refractivity contribution is -0.167. The number of halogens is 1. The summed E-state index contributed by atoms with van der Waals surface area (Å²) in [4.78, 5) is 25.8. The van der Waals surface area contributed by atoms with Crippen molar-refractivity contribution in [1.29, 1.82) is 0 Å². The van der Waals surface area contributed by atoms with Gasteiger partial charge in [0.1, 0.15) is 0 Å². The fourth-order valence-corrected chi connectivity index (χ4v) is 3.49. The molecule has 3 rings (SSSR count). The van der Waals surface area contributed by atoms with E-state index < -0.39 is 17.5 Å². The van der Waals surface area contributed by atoms with Crippen LogP contribution >= 0.6 is 15.9 Å². The molecule has 1 aliphatic carbocycles. The fraction of sp³-hybridized carbons (Fsp3) is 0.500. The van der Waals surface area contributed by atoms with E-state index >= 15 is 0 Å². The number of ether oxygens (including phenoxy) is 1. The Bertz CT molecular complexity index is 614. The molecule has 2 fully saturated rings. The predicted molar refractivity (Wildman–Crippen MR) is 83.6 cm³/mol. The lowest BCUT2D eigenvalue weighted by Crippen LogP contribution is -2.54. The highest BCUT2D eigenvalue weighted by Gasteiger charge is 2.54. The number of rotatable bonds is 3. The third kappa shape index (κ3) is 2.77. The highest BCUT2D eigenvalue weighted by molar-refractivity contribution is 9.10. The molecule has 1 amide bonds. The predicted octanol–water partition coefficient (Wildman–Crippen LogP) is 2.18. The number of benzene rings is 1. The van der Waals surface area contributed by atoms with Gasteiger partial charge in [-0.2, -0.15) is 0 Å². The molecule has 1 saturated heterocycles. The molecule has 0 radical (unpaired) electrons. The van der Waals surface area contributed by atoms with E-state index in [1.54, 1.807) is 11.8 Å². The van der Waals surface area contributed by atoms with Crippen molar-refractivity contribution in [3.8, 4) is 0 Å². The van der Waals surface area contributed by atoms with Crippen LogP contribution in [-0.2, 0) is 19.7 Å². The number of carboxylic acids is 1. The van der Waals surface area contributed by atoms with Crippen LogP contribution < -0.4 is 0 Å². The molecule has 1 unspecified atom stereocenters. The van der Waals surface area contributed by atoms with Gasteiger partial charge in [0.05, 0.1) is 18.1 Å². The van der Waals surface area contributed by atoms with E-state index in [-0.39, 0.29) is 18.6 Å². The summed E-state index contributed by atoms with van der Waals surface area (Å²) >= 11 is 3.44. The fourth-order valence-electron chi connectivity index (χ4n) is 3.09. The molecule has 5 nitrogen and oxygen atoms in total. The number of aliphatic carboxylic acids is 1. The molecule has 0 aromatic heterocycles. The first-order chi connectivity index (χ1) is 10.4. The zero-order valence-electron chi connectivity index (χ0n) is 12.3. The molecule has 0 spiro atoms. The number of amides is 1. The molecule has 22 heavy (non-hydrogen) atoms. The van der Waals surface area contributed by atoms with Crippen molar-refractivity contribution in [3.05, 3.63) is 34.3 Å². The van der Waals surface area contributed by atoms with Gasteiger partial charge in [-0.05, 0) is 37.5 Å². The normalized spacial score (nSPS) is 26.5. The van der Waals surface area contributed by atoms with Crippen LogP contribution in [0, 0.1) is 0 Å². The van der Waals surface area contributed by atoms with Crippen molar-refractivity contribution < 1.29 is 19.4 Å². The third-order valence-corrected chi connectivity index (χ3v) is 4.85. The molecule has 1 aliphatic heterocycles. The van der Waals surface area contributed by atoms with Crippen LogP contribution in [0.3, 0.4) is 0 Å².